The van der Waals surface area contributed by atoms with Gasteiger partial charge >= 0.3 is 0 Å². The molecule has 0 aliphatic heterocycles. The number of carbonyl (C=O) groups is 1. The lowest BCUT2D eigenvalue weighted by molar-refractivity contribution is -0.123. The van der Waals surface area contributed by atoms with Gasteiger partial charge in [-0.2, -0.15) is 0 Å². The molecule has 0 aliphatic rings. The molecule has 0 fully saturated rings. The maximum atomic E-state index is 11.4. The molecule has 84 valence electrons. The van der Waals surface area contributed by atoms with Gasteiger partial charge in [-0.05, 0) is 34.1 Å². The molecule has 0 aromatic heterocycles. The highest BCUT2D eigenvalue weighted by molar-refractivity contribution is 5.81. The Morgan fingerprint density at radius 3 is 2.50 bits per heavy atom. The van der Waals surface area contributed by atoms with Gasteiger partial charge < -0.3 is 15.7 Å². The number of carbonyl (C=O) groups excluding carboxylic acids is 1. The molecule has 0 spiro atoms. The van der Waals surface area contributed by atoms with Gasteiger partial charge in [-0.3, -0.25) is 4.79 Å². The van der Waals surface area contributed by atoms with Crippen LogP contribution in [0.15, 0.2) is 0 Å². The van der Waals surface area contributed by atoms with E-state index in [0.29, 0.717) is 13.0 Å². The molecule has 0 aromatic carbocycles. The molecular weight excluding hydrogens is 180 g/mol. The monoisotopic (exact) mass is 202 g/mol. The number of hydrogen-bond acceptors (Lipinski definition) is 3. The summed E-state index contributed by atoms with van der Waals surface area (Å²) >= 11 is 0. The summed E-state index contributed by atoms with van der Waals surface area (Å²) in [5.41, 5.74) is -0.209. The van der Waals surface area contributed by atoms with Gasteiger partial charge in [0.25, 0.3) is 0 Å². The lowest BCUT2D eigenvalue weighted by Crippen LogP contribution is -2.51. The number of aliphatic hydroxyl groups excluding tert-OH is 1. The molecule has 0 heterocycles. The number of rotatable bonds is 6. The Morgan fingerprint density at radius 1 is 1.50 bits per heavy atom. The third kappa shape index (κ3) is 5.19. The summed E-state index contributed by atoms with van der Waals surface area (Å²) in [6.07, 6.45) is 0.636. The molecule has 0 bridgehead atoms. The number of amides is 1. The van der Waals surface area contributed by atoms with E-state index < -0.39 is 0 Å². The second-order valence-corrected chi connectivity index (χ2v) is 4.12. The van der Waals surface area contributed by atoms with E-state index in [-0.39, 0.29) is 24.1 Å². The normalized spacial score (nSPS) is 13.8. The zero-order valence-corrected chi connectivity index (χ0v) is 9.55. The first-order valence-electron chi connectivity index (χ1n) is 5.09. The largest absolute Gasteiger partial charge is 0.396 e. The van der Waals surface area contributed by atoms with Crippen molar-refractivity contribution in [2.24, 2.45) is 0 Å². The van der Waals surface area contributed by atoms with Gasteiger partial charge in [-0.25, -0.2) is 0 Å². The fraction of sp³-hybridized carbons (Fsp3) is 0.900. The topological polar surface area (TPSA) is 61.4 Å². The Hall–Kier alpha value is -0.610. The van der Waals surface area contributed by atoms with Gasteiger partial charge in [0.05, 0.1) is 6.04 Å². The van der Waals surface area contributed by atoms with Crippen LogP contribution in [0, 0.1) is 0 Å². The summed E-state index contributed by atoms with van der Waals surface area (Å²) < 4.78 is 0. The van der Waals surface area contributed by atoms with Crippen molar-refractivity contribution in [1.82, 2.24) is 10.6 Å². The van der Waals surface area contributed by atoms with Crippen LogP contribution < -0.4 is 10.6 Å². The molecule has 1 amide bonds. The highest BCUT2D eigenvalue weighted by atomic mass is 16.3. The van der Waals surface area contributed by atoms with Crippen LogP contribution in [0.5, 0.6) is 0 Å². The Labute approximate surface area is 86.1 Å². The van der Waals surface area contributed by atoms with E-state index >= 15 is 0 Å². The van der Waals surface area contributed by atoms with E-state index in [0.717, 1.165) is 0 Å². The Bertz CT molecular complexity index is 181. The van der Waals surface area contributed by atoms with Crippen molar-refractivity contribution >= 4 is 5.91 Å². The highest BCUT2D eigenvalue weighted by Gasteiger charge is 2.22. The van der Waals surface area contributed by atoms with Gasteiger partial charge in [0.2, 0.25) is 5.91 Å². The van der Waals surface area contributed by atoms with Crippen LogP contribution in [-0.4, -0.2) is 35.7 Å². The molecule has 4 nitrogen and oxygen atoms in total. The molecule has 0 aromatic rings. The van der Waals surface area contributed by atoms with Crippen molar-refractivity contribution in [3.63, 3.8) is 0 Å². The van der Waals surface area contributed by atoms with Gasteiger partial charge in [0.1, 0.15) is 0 Å². The summed E-state index contributed by atoms with van der Waals surface area (Å²) in [6.45, 7) is 8.43. The van der Waals surface area contributed by atoms with Crippen LogP contribution >= 0.6 is 0 Å². The lowest BCUT2D eigenvalue weighted by atomic mass is 10.00. The number of nitrogens with one attached hydrogen (secondary N) is 2. The molecule has 4 heteroatoms. The van der Waals surface area contributed by atoms with Crippen molar-refractivity contribution in [3.8, 4) is 0 Å². The molecule has 1 unspecified atom stereocenters. The minimum Gasteiger partial charge on any atom is -0.396 e. The maximum Gasteiger partial charge on any atom is 0.236 e. The molecule has 1 atom stereocenters. The van der Waals surface area contributed by atoms with Crippen molar-refractivity contribution in [2.45, 2.75) is 45.7 Å². The first kappa shape index (κ1) is 13.4. The fourth-order valence-corrected chi connectivity index (χ4v) is 1.33. The molecule has 0 radical (unpaired) electrons. The Balaban J connectivity index is 4.03. The third-order valence-electron chi connectivity index (χ3n) is 2.09. The highest BCUT2D eigenvalue weighted by Crippen LogP contribution is 2.08. The summed E-state index contributed by atoms with van der Waals surface area (Å²) in [6, 6.07) is -0.225. The zero-order chi connectivity index (χ0) is 11.2. The quantitative estimate of drug-likeness (QED) is 0.579. The van der Waals surface area contributed by atoms with E-state index in [1.807, 2.05) is 27.7 Å². The van der Waals surface area contributed by atoms with E-state index in [2.05, 4.69) is 10.6 Å². The molecular formula is C10H22N2O2. The molecule has 0 rings (SSSR count). The molecule has 14 heavy (non-hydrogen) atoms. The second-order valence-electron chi connectivity index (χ2n) is 4.12. The van der Waals surface area contributed by atoms with E-state index in [9.17, 15) is 4.79 Å². The van der Waals surface area contributed by atoms with Gasteiger partial charge in [-0.15, -0.1) is 0 Å². The molecule has 3 N–H and O–H groups in total. The van der Waals surface area contributed by atoms with E-state index in [1.165, 1.54) is 0 Å². The van der Waals surface area contributed by atoms with Gasteiger partial charge in [0, 0.05) is 18.7 Å². The van der Waals surface area contributed by atoms with Crippen molar-refractivity contribution in [2.75, 3.05) is 13.2 Å². The van der Waals surface area contributed by atoms with Gasteiger partial charge in [-0.1, -0.05) is 0 Å². The standard InChI is InChI=1S/C10H22N2O2/c1-5-11-9(14)8(2)12-10(3,4)6-7-13/h8,12-13H,5-7H2,1-4H3,(H,11,14). The summed E-state index contributed by atoms with van der Waals surface area (Å²) in [5.74, 6) is -0.00138. The minimum atomic E-state index is -0.225. The van der Waals surface area contributed by atoms with Crippen LogP contribution in [0.2, 0.25) is 0 Å². The maximum absolute atomic E-state index is 11.4. The second kappa shape index (κ2) is 5.98. The lowest BCUT2D eigenvalue weighted by Gasteiger charge is -2.29. The van der Waals surface area contributed by atoms with Crippen LogP contribution in [0.1, 0.15) is 34.1 Å². The number of aliphatic hydroxyl groups is 1. The van der Waals surface area contributed by atoms with Crippen LogP contribution in [0.25, 0.3) is 0 Å². The third-order valence-corrected chi connectivity index (χ3v) is 2.09. The summed E-state index contributed by atoms with van der Waals surface area (Å²) in [7, 11) is 0. The SMILES string of the molecule is CCNC(=O)C(C)NC(C)(C)CCO. The van der Waals surface area contributed by atoms with Gasteiger partial charge in [0.15, 0.2) is 0 Å². The van der Waals surface area contributed by atoms with Crippen molar-refractivity contribution in [1.29, 1.82) is 0 Å². The Kier molecular flexibility index (Phi) is 5.72. The predicted molar refractivity (Wildman–Crippen MR) is 57.1 cm³/mol. The molecule has 0 aliphatic carbocycles. The average Bonchev–Trinajstić information content (AvgIpc) is 2.03. The van der Waals surface area contributed by atoms with Crippen LogP contribution in [-0.2, 0) is 4.79 Å². The van der Waals surface area contributed by atoms with E-state index in [4.69, 9.17) is 5.11 Å². The minimum absolute atomic E-state index is 0.00138. The summed E-state index contributed by atoms with van der Waals surface area (Å²) in [5, 5.41) is 14.7. The van der Waals surface area contributed by atoms with Crippen LogP contribution in [0.3, 0.4) is 0 Å². The molecule has 0 saturated carbocycles. The number of hydrogen-bond donors (Lipinski definition) is 3. The summed E-state index contributed by atoms with van der Waals surface area (Å²) in [4.78, 5) is 11.4. The van der Waals surface area contributed by atoms with Crippen LogP contribution in [0.4, 0.5) is 0 Å². The van der Waals surface area contributed by atoms with E-state index in [1.54, 1.807) is 0 Å². The fourth-order valence-electron chi connectivity index (χ4n) is 1.33. The predicted octanol–water partition coefficient (Wildman–Crippen LogP) is 0.262. The zero-order valence-electron chi connectivity index (χ0n) is 9.55. The first-order chi connectivity index (χ1) is 6.43. The first-order valence-corrected chi connectivity index (χ1v) is 5.09. The average molecular weight is 202 g/mol. The Morgan fingerprint density at radius 2 is 2.07 bits per heavy atom. The smallest absolute Gasteiger partial charge is 0.236 e. The van der Waals surface area contributed by atoms with Crippen molar-refractivity contribution in [3.05, 3.63) is 0 Å². The molecule has 0 saturated heterocycles. The van der Waals surface area contributed by atoms with Crippen molar-refractivity contribution < 1.29 is 9.90 Å². The number of likely N-dealkylation sites (N-methyl/N-ethyl adjacent to an activating group) is 1.